The average Bonchev–Trinajstić information content (AvgIpc) is 2.85. The molecule has 1 saturated heterocycles. The van der Waals surface area contributed by atoms with Gasteiger partial charge >= 0.3 is 12.1 Å². The minimum absolute atomic E-state index is 0.0619. The second kappa shape index (κ2) is 11.3. The Balaban J connectivity index is 1.65. The van der Waals surface area contributed by atoms with Crippen molar-refractivity contribution < 1.29 is 27.3 Å². The SMILES string of the molecule is CC(C)S(O)(c1cccc(C(=O)N2CCC(c3cccc(CNC(=O)C(F)(F)F)c3)CC2)c1)C(C)C. The maximum Gasteiger partial charge on any atom is 0.471 e. The lowest BCUT2D eigenvalue weighted by Crippen LogP contribution is -2.38. The Labute approximate surface area is 212 Å². The van der Waals surface area contributed by atoms with E-state index in [4.69, 9.17) is 0 Å². The number of rotatable bonds is 7. The van der Waals surface area contributed by atoms with Crippen LogP contribution in [0.15, 0.2) is 53.4 Å². The van der Waals surface area contributed by atoms with Gasteiger partial charge in [0, 0.05) is 40.6 Å². The molecular weight excluding hydrogens is 489 g/mol. The Morgan fingerprint density at radius 2 is 1.64 bits per heavy atom. The largest absolute Gasteiger partial charge is 0.471 e. The minimum atomic E-state index is -4.90. The summed E-state index contributed by atoms with van der Waals surface area (Å²) in [6, 6.07) is 14.6. The first-order valence-electron chi connectivity index (χ1n) is 12.2. The molecule has 2 aromatic carbocycles. The predicted octanol–water partition coefficient (Wildman–Crippen LogP) is 6.34. The Hall–Kier alpha value is -2.52. The molecule has 198 valence electrons. The number of piperidine rings is 1. The monoisotopic (exact) mass is 524 g/mol. The van der Waals surface area contributed by atoms with Gasteiger partial charge in [0.15, 0.2) is 0 Å². The molecule has 36 heavy (non-hydrogen) atoms. The summed E-state index contributed by atoms with van der Waals surface area (Å²) in [7, 11) is -2.06. The number of alkyl halides is 3. The van der Waals surface area contributed by atoms with Crippen LogP contribution in [-0.4, -0.2) is 51.0 Å². The van der Waals surface area contributed by atoms with Crippen LogP contribution in [0.5, 0.6) is 0 Å². The molecule has 1 aliphatic heterocycles. The van der Waals surface area contributed by atoms with E-state index < -0.39 is 22.4 Å². The maximum atomic E-state index is 13.3. The molecule has 0 aliphatic carbocycles. The van der Waals surface area contributed by atoms with E-state index in [9.17, 15) is 27.3 Å². The van der Waals surface area contributed by atoms with Gasteiger partial charge in [0.05, 0.1) is 0 Å². The van der Waals surface area contributed by atoms with Gasteiger partial charge in [-0.15, -0.1) is 10.3 Å². The van der Waals surface area contributed by atoms with Crippen molar-refractivity contribution in [1.29, 1.82) is 0 Å². The van der Waals surface area contributed by atoms with Crippen molar-refractivity contribution in [2.75, 3.05) is 13.1 Å². The van der Waals surface area contributed by atoms with Gasteiger partial charge in [-0.1, -0.05) is 58.0 Å². The molecule has 0 spiro atoms. The number of hydrogen-bond acceptors (Lipinski definition) is 3. The van der Waals surface area contributed by atoms with Crippen molar-refractivity contribution in [1.82, 2.24) is 10.2 Å². The minimum Gasteiger partial charge on any atom is -0.347 e. The molecular formula is C27H35F3N2O3S. The third-order valence-electron chi connectivity index (χ3n) is 6.81. The molecule has 0 unspecified atom stereocenters. The molecule has 0 saturated carbocycles. The summed E-state index contributed by atoms with van der Waals surface area (Å²) < 4.78 is 48.8. The summed E-state index contributed by atoms with van der Waals surface area (Å²) in [5.41, 5.74) is 2.16. The van der Waals surface area contributed by atoms with Crippen LogP contribution in [0.3, 0.4) is 0 Å². The van der Waals surface area contributed by atoms with Crippen LogP contribution < -0.4 is 5.32 Å². The van der Waals surface area contributed by atoms with Crippen LogP contribution in [0.25, 0.3) is 0 Å². The van der Waals surface area contributed by atoms with Crippen LogP contribution in [0.1, 0.15) is 67.9 Å². The fourth-order valence-corrected chi connectivity index (χ4v) is 7.55. The number of carbonyl (C=O) groups is 2. The number of halogens is 3. The van der Waals surface area contributed by atoms with Crippen LogP contribution in [-0.2, 0) is 11.3 Å². The normalized spacial score (nSPS) is 15.9. The highest BCUT2D eigenvalue weighted by atomic mass is 32.3. The van der Waals surface area contributed by atoms with Crippen LogP contribution in [0.2, 0.25) is 0 Å². The van der Waals surface area contributed by atoms with Crippen LogP contribution >= 0.6 is 10.3 Å². The summed E-state index contributed by atoms with van der Waals surface area (Å²) in [6.45, 7) is 8.97. The van der Waals surface area contributed by atoms with Crippen molar-refractivity contribution in [2.24, 2.45) is 0 Å². The molecule has 3 rings (SSSR count). The molecule has 9 heteroatoms. The number of benzene rings is 2. The molecule has 0 atom stereocenters. The first-order valence-corrected chi connectivity index (χ1v) is 13.9. The zero-order chi connectivity index (χ0) is 26.7. The standard InChI is InChI=1S/C27H35F3N2O3S/c1-18(2)36(35,19(3)4)24-10-6-9-23(16-24)25(33)32-13-11-21(12-14-32)22-8-5-7-20(15-22)17-31-26(34)27(28,29)30/h5-10,15-16,18-19,21,35H,11-14,17H2,1-4H3,(H,31,34). The van der Waals surface area contributed by atoms with Crippen molar-refractivity contribution in [3.8, 4) is 0 Å². The lowest BCUT2D eigenvalue weighted by Gasteiger charge is -2.42. The second-order valence-corrected chi connectivity index (χ2v) is 13.5. The van der Waals surface area contributed by atoms with E-state index in [-0.39, 0.29) is 28.9 Å². The van der Waals surface area contributed by atoms with Gasteiger partial charge in [0.1, 0.15) is 0 Å². The van der Waals surface area contributed by atoms with E-state index in [1.807, 2.05) is 68.2 Å². The lowest BCUT2D eigenvalue weighted by molar-refractivity contribution is -0.173. The fraction of sp³-hybridized carbons (Fsp3) is 0.481. The van der Waals surface area contributed by atoms with E-state index in [1.54, 1.807) is 18.2 Å². The average molecular weight is 525 g/mol. The summed E-state index contributed by atoms with van der Waals surface area (Å²) in [5, 5.41) is 2.04. The zero-order valence-electron chi connectivity index (χ0n) is 21.1. The predicted molar refractivity (Wildman–Crippen MR) is 137 cm³/mol. The second-order valence-electron chi connectivity index (χ2n) is 9.79. The number of amides is 2. The summed E-state index contributed by atoms with van der Waals surface area (Å²) >= 11 is 0. The summed E-state index contributed by atoms with van der Waals surface area (Å²) in [6.07, 6.45) is -3.44. The van der Waals surface area contributed by atoms with Gasteiger partial charge in [0.25, 0.3) is 5.91 Å². The lowest BCUT2D eigenvalue weighted by atomic mass is 9.88. The molecule has 0 aromatic heterocycles. The molecule has 1 aliphatic rings. The van der Waals surface area contributed by atoms with E-state index >= 15 is 0 Å². The van der Waals surface area contributed by atoms with Crippen molar-refractivity contribution in [2.45, 2.75) is 74.6 Å². The van der Waals surface area contributed by atoms with Crippen LogP contribution in [0, 0.1) is 0 Å². The molecule has 2 N–H and O–H groups in total. The van der Waals surface area contributed by atoms with Gasteiger partial charge in [0.2, 0.25) is 0 Å². The zero-order valence-corrected chi connectivity index (χ0v) is 22.0. The van der Waals surface area contributed by atoms with Crippen LogP contribution in [0.4, 0.5) is 13.2 Å². The van der Waals surface area contributed by atoms with Crippen molar-refractivity contribution >= 4 is 22.1 Å². The van der Waals surface area contributed by atoms with Gasteiger partial charge in [-0.2, -0.15) is 13.2 Å². The summed E-state index contributed by atoms with van der Waals surface area (Å²) in [5.74, 6) is -1.84. The van der Waals surface area contributed by atoms with Gasteiger partial charge in [-0.3, -0.25) is 9.59 Å². The number of hydrogen-bond donors (Lipinski definition) is 2. The Morgan fingerprint density at radius 1 is 1.03 bits per heavy atom. The highest BCUT2D eigenvalue weighted by molar-refractivity contribution is 8.30. The topological polar surface area (TPSA) is 69.6 Å². The highest BCUT2D eigenvalue weighted by Gasteiger charge is 2.38. The van der Waals surface area contributed by atoms with E-state index in [2.05, 4.69) is 0 Å². The quantitative estimate of drug-likeness (QED) is 0.444. The highest BCUT2D eigenvalue weighted by Crippen LogP contribution is 2.59. The fourth-order valence-electron chi connectivity index (χ4n) is 4.76. The van der Waals surface area contributed by atoms with E-state index in [0.29, 0.717) is 24.2 Å². The smallest absolute Gasteiger partial charge is 0.347 e. The summed E-state index contributed by atoms with van der Waals surface area (Å²) in [4.78, 5) is 27.0. The maximum absolute atomic E-state index is 13.3. The number of likely N-dealkylation sites (tertiary alicyclic amines) is 1. The van der Waals surface area contributed by atoms with Gasteiger partial charge in [-0.25, -0.2) is 0 Å². The van der Waals surface area contributed by atoms with Crippen molar-refractivity contribution in [3.63, 3.8) is 0 Å². The first-order chi connectivity index (χ1) is 16.8. The molecule has 2 aromatic rings. The van der Waals surface area contributed by atoms with E-state index in [0.717, 1.165) is 23.3 Å². The number of carbonyl (C=O) groups excluding carboxylic acids is 2. The Bertz CT molecular complexity index is 1070. The van der Waals surface area contributed by atoms with Gasteiger partial charge < -0.3 is 14.8 Å². The molecule has 0 bridgehead atoms. The molecule has 1 heterocycles. The third kappa shape index (κ3) is 6.24. The number of nitrogens with zero attached hydrogens (tertiary/aromatic N) is 1. The number of nitrogens with one attached hydrogen (secondary N) is 1. The Kier molecular flexibility index (Phi) is 8.77. The molecule has 5 nitrogen and oxygen atoms in total. The van der Waals surface area contributed by atoms with Crippen molar-refractivity contribution in [3.05, 3.63) is 65.2 Å². The first kappa shape index (κ1) is 28.1. The Morgan fingerprint density at radius 3 is 2.22 bits per heavy atom. The van der Waals surface area contributed by atoms with Gasteiger partial charge in [-0.05, 0) is 48.1 Å². The van der Waals surface area contributed by atoms with E-state index in [1.165, 1.54) is 0 Å². The molecule has 1 fully saturated rings. The third-order valence-corrected chi connectivity index (χ3v) is 10.7. The molecule has 0 radical (unpaired) electrons. The molecule has 2 amide bonds.